The van der Waals surface area contributed by atoms with E-state index in [0.717, 1.165) is 12.0 Å². The summed E-state index contributed by atoms with van der Waals surface area (Å²) in [6, 6.07) is 7.36. The number of hydrogen-bond acceptors (Lipinski definition) is 11. The van der Waals surface area contributed by atoms with Crippen molar-refractivity contribution in [2.45, 2.75) is 59.1 Å². The minimum atomic E-state index is -4.18. The SMILES string of the molecule is CCC[C@H](C)OC(=O)C(C)N[P@](=O)(OC[C@@]1(COC(C)=O)C/C1=C/n1cnc2c(=O)[nH]c(N)nc21)Oc1ccccc1. The van der Waals surface area contributed by atoms with Gasteiger partial charge >= 0.3 is 19.7 Å². The number of nitrogens with two attached hydrogens (primary N) is 1. The van der Waals surface area contributed by atoms with Gasteiger partial charge in [0, 0.05) is 13.1 Å². The van der Waals surface area contributed by atoms with Gasteiger partial charge in [-0.25, -0.2) is 9.55 Å². The number of nitrogen functional groups attached to an aromatic ring is 1. The van der Waals surface area contributed by atoms with E-state index >= 15 is 0 Å². The van der Waals surface area contributed by atoms with Crippen molar-refractivity contribution in [2.24, 2.45) is 5.41 Å². The van der Waals surface area contributed by atoms with Gasteiger partial charge in [-0.15, -0.1) is 0 Å². The average Bonchev–Trinajstić information content (AvgIpc) is 3.46. The molecule has 1 aliphatic carbocycles. The molecule has 0 aliphatic heterocycles. The lowest BCUT2D eigenvalue weighted by Gasteiger charge is -2.25. The summed E-state index contributed by atoms with van der Waals surface area (Å²) in [5.41, 5.74) is 5.43. The van der Waals surface area contributed by atoms with Crippen molar-refractivity contribution in [3.63, 3.8) is 0 Å². The van der Waals surface area contributed by atoms with E-state index in [0.29, 0.717) is 12.8 Å². The number of nitrogens with zero attached hydrogens (tertiary/aromatic N) is 3. The zero-order valence-corrected chi connectivity index (χ0v) is 24.8. The Morgan fingerprint density at radius 1 is 1.26 bits per heavy atom. The van der Waals surface area contributed by atoms with Crippen molar-refractivity contribution in [1.82, 2.24) is 24.6 Å². The molecule has 4 rings (SSSR count). The number of carbonyl (C=O) groups is 2. The predicted octanol–water partition coefficient (Wildman–Crippen LogP) is 3.41. The van der Waals surface area contributed by atoms with Gasteiger partial charge in [0.1, 0.15) is 24.7 Å². The highest BCUT2D eigenvalue weighted by Crippen LogP contribution is 2.56. The maximum absolute atomic E-state index is 14.0. The molecule has 0 radical (unpaired) electrons. The summed E-state index contributed by atoms with van der Waals surface area (Å²) in [6.45, 7) is 6.28. The lowest BCUT2D eigenvalue weighted by atomic mass is 10.1. The zero-order chi connectivity index (χ0) is 30.5. The van der Waals surface area contributed by atoms with Gasteiger partial charge in [0.2, 0.25) is 5.95 Å². The maximum Gasteiger partial charge on any atom is 0.459 e. The molecule has 1 fully saturated rings. The Morgan fingerprint density at radius 3 is 2.69 bits per heavy atom. The topological polar surface area (TPSA) is 190 Å². The molecule has 0 bridgehead atoms. The summed E-state index contributed by atoms with van der Waals surface area (Å²) in [5.74, 6) is -0.923. The zero-order valence-electron chi connectivity index (χ0n) is 23.9. The van der Waals surface area contributed by atoms with Gasteiger partial charge in [-0.05, 0) is 44.4 Å². The lowest BCUT2D eigenvalue weighted by molar-refractivity contribution is -0.150. The fourth-order valence-corrected chi connectivity index (χ4v) is 5.83. The molecule has 1 aliphatic rings. The standard InChI is InChI=1S/C27H35N6O8P/c1-5-9-17(2)40-25(36)18(3)32-42(37,41-21-10-7-6-8-11-21)39-15-27(14-38-19(4)34)12-20(27)13-33-16-29-22-23(33)30-26(28)31-24(22)35/h6-8,10-11,13,16-18H,5,9,12,14-15H2,1-4H3,(H,32,37)(H3,28,30,31,35)/b20-13-/t17-,18?,27-,42-/m0/s1. The largest absolute Gasteiger partial charge is 0.465 e. The second kappa shape index (κ2) is 12.9. The van der Waals surface area contributed by atoms with E-state index in [4.69, 9.17) is 24.3 Å². The van der Waals surface area contributed by atoms with Crippen LogP contribution in [0.3, 0.4) is 0 Å². The highest BCUT2D eigenvalue weighted by molar-refractivity contribution is 7.52. The van der Waals surface area contributed by atoms with Crippen LogP contribution in [0.4, 0.5) is 5.95 Å². The Balaban J connectivity index is 1.58. The van der Waals surface area contributed by atoms with E-state index < -0.39 is 36.7 Å². The number of hydrogen-bond donors (Lipinski definition) is 3. The van der Waals surface area contributed by atoms with Gasteiger partial charge in [0.25, 0.3) is 5.56 Å². The molecule has 4 N–H and O–H groups in total. The number of benzene rings is 1. The Bertz CT molecular complexity index is 1570. The van der Waals surface area contributed by atoms with Crippen LogP contribution in [0, 0.1) is 5.41 Å². The third-order valence-electron chi connectivity index (χ3n) is 6.58. The van der Waals surface area contributed by atoms with Crippen molar-refractivity contribution >= 4 is 43.0 Å². The van der Waals surface area contributed by atoms with Crippen LogP contribution in [0.5, 0.6) is 5.75 Å². The summed E-state index contributed by atoms with van der Waals surface area (Å²) in [4.78, 5) is 47.2. The Morgan fingerprint density at radius 2 is 2.00 bits per heavy atom. The fraction of sp³-hybridized carbons (Fsp3) is 0.444. The van der Waals surface area contributed by atoms with Crippen LogP contribution in [0.2, 0.25) is 0 Å². The average molecular weight is 603 g/mol. The molecule has 42 heavy (non-hydrogen) atoms. The summed E-state index contributed by atoms with van der Waals surface area (Å²) in [5, 5.41) is 2.68. The molecule has 0 saturated heterocycles. The molecule has 1 unspecified atom stereocenters. The van der Waals surface area contributed by atoms with Gasteiger partial charge in [-0.3, -0.25) is 28.5 Å². The summed E-state index contributed by atoms with van der Waals surface area (Å²) in [6.07, 6.45) is 4.70. The van der Waals surface area contributed by atoms with E-state index in [-0.39, 0.29) is 42.2 Å². The van der Waals surface area contributed by atoms with Crippen LogP contribution >= 0.6 is 7.75 Å². The summed E-state index contributed by atoms with van der Waals surface area (Å²) < 4.78 is 38.0. The Kier molecular flexibility index (Phi) is 9.50. The van der Waals surface area contributed by atoms with Crippen LogP contribution in [0.15, 0.2) is 47.0 Å². The third-order valence-corrected chi connectivity index (χ3v) is 8.20. The molecule has 2 aromatic heterocycles. The van der Waals surface area contributed by atoms with E-state index in [1.54, 1.807) is 43.5 Å². The number of nitrogens with one attached hydrogen (secondary N) is 2. The van der Waals surface area contributed by atoms with Gasteiger partial charge in [-0.2, -0.15) is 10.1 Å². The highest BCUT2D eigenvalue weighted by atomic mass is 31.2. The molecule has 15 heteroatoms. The molecule has 14 nitrogen and oxygen atoms in total. The van der Waals surface area contributed by atoms with Gasteiger partial charge < -0.3 is 19.7 Å². The molecular formula is C27H35N6O8P. The number of anilines is 1. The first-order valence-electron chi connectivity index (χ1n) is 13.5. The molecule has 226 valence electrons. The Hall–Kier alpha value is -4.00. The van der Waals surface area contributed by atoms with Crippen LogP contribution in [-0.2, 0) is 28.2 Å². The monoisotopic (exact) mass is 602 g/mol. The number of aromatic amines is 1. The minimum absolute atomic E-state index is 0.0697. The van der Waals surface area contributed by atoms with Crippen LogP contribution < -0.4 is 20.9 Å². The smallest absolute Gasteiger partial charge is 0.459 e. The lowest BCUT2D eigenvalue weighted by Crippen LogP contribution is -2.37. The second-order valence-corrected chi connectivity index (χ2v) is 11.9. The normalized spacial score (nSPS) is 20.0. The molecule has 3 aromatic rings. The van der Waals surface area contributed by atoms with Gasteiger partial charge in [-0.1, -0.05) is 31.5 Å². The maximum atomic E-state index is 14.0. The molecule has 2 heterocycles. The van der Waals surface area contributed by atoms with Crippen LogP contribution in [0.25, 0.3) is 17.4 Å². The van der Waals surface area contributed by atoms with E-state index in [2.05, 4.69) is 20.0 Å². The van der Waals surface area contributed by atoms with E-state index in [9.17, 15) is 18.9 Å². The molecule has 1 aromatic carbocycles. The number of aromatic nitrogens is 4. The number of carbonyl (C=O) groups excluding carboxylic acids is 2. The van der Waals surface area contributed by atoms with Crippen molar-refractivity contribution in [3.05, 3.63) is 52.6 Å². The molecule has 0 spiro atoms. The van der Waals surface area contributed by atoms with E-state index in [1.165, 1.54) is 24.7 Å². The molecular weight excluding hydrogens is 567 g/mol. The highest BCUT2D eigenvalue weighted by Gasteiger charge is 2.52. The first-order valence-corrected chi connectivity index (χ1v) is 15.0. The number of ether oxygens (including phenoxy) is 2. The predicted molar refractivity (Wildman–Crippen MR) is 154 cm³/mol. The first kappa shape index (κ1) is 30.9. The number of imidazole rings is 1. The van der Waals surface area contributed by atoms with E-state index in [1.807, 2.05) is 6.92 Å². The first-order chi connectivity index (χ1) is 19.9. The summed E-state index contributed by atoms with van der Waals surface area (Å²) in [7, 11) is -4.18. The number of rotatable bonds is 14. The van der Waals surface area contributed by atoms with Crippen molar-refractivity contribution in [1.29, 1.82) is 0 Å². The summed E-state index contributed by atoms with van der Waals surface area (Å²) >= 11 is 0. The molecule has 1 saturated carbocycles. The number of fused-ring (bicyclic) bond motifs is 1. The van der Waals surface area contributed by atoms with Gasteiger partial charge in [0.05, 0.1) is 18.1 Å². The number of H-pyrrole nitrogens is 1. The fourth-order valence-electron chi connectivity index (χ4n) is 4.25. The molecule has 4 atom stereocenters. The minimum Gasteiger partial charge on any atom is -0.465 e. The van der Waals surface area contributed by atoms with Crippen LogP contribution in [-0.4, -0.2) is 56.8 Å². The van der Waals surface area contributed by atoms with Crippen molar-refractivity contribution in [2.75, 3.05) is 18.9 Å². The van der Waals surface area contributed by atoms with Gasteiger partial charge in [0.15, 0.2) is 11.2 Å². The number of para-hydroxylation sites is 1. The van der Waals surface area contributed by atoms with Crippen molar-refractivity contribution in [3.8, 4) is 5.75 Å². The van der Waals surface area contributed by atoms with Crippen molar-refractivity contribution < 1.29 is 32.7 Å². The third kappa shape index (κ3) is 7.64. The Labute approximate surface area is 242 Å². The number of esters is 2. The second-order valence-electron chi connectivity index (χ2n) is 10.2. The quantitative estimate of drug-likeness (QED) is 0.180. The molecule has 0 amide bonds. The van der Waals surface area contributed by atoms with Crippen LogP contribution in [0.1, 0.15) is 47.0 Å².